The van der Waals surface area contributed by atoms with Crippen LogP contribution in [0.2, 0.25) is 0 Å². The molecule has 6 heteroatoms. The molecule has 2 unspecified atom stereocenters. The molecule has 0 radical (unpaired) electrons. The van der Waals surface area contributed by atoms with Gasteiger partial charge in [0, 0.05) is 20.2 Å². The van der Waals surface area contributed by atoms with Gasteiger partial charge in [-0.2, -0.15) is 0 Å². The van der Waals surface area contributed by atoms with Gasteiger partial charge in [0.2, 0.25) is 0 Å². The molecule has 2 atom stereocenters. The van der Waals surface area contributed by atoms with E-state index >= 15 is 0 Å². The Balaban J connectivity index is 1.91. The number of guanidine groups is 1. The highest BCUT2D eigenvalue weighted by atomic mass is 16.5. The third-order valence-corrected chi connectivity index (χ3v) is 4.43. The first-order valence-electron chi connectivity index (χ1n) is 9.66. The van der Waals surface area contributed by atoms with E-state index in [2.05, 4.69) is 28.6 Å². The fourth-order valence-electron chi connectivity index (χ4n) is 3.04. The summed E-state index contributed by atoms with van der Waals surface area (Å²) in [7, 11) is 1.79. The van der Waals surface area contributed by atoms with Gasteiger partial charge in [-0.25, -0.2) is 0 Å². The van der Waals surface area contributed by atoms with E-state index in [0.717, 1.165) is 49.0 Å². The third kappa shape index (κ3) is 6.09. The topological polar surface area (TPSA) is 64.1 Å². The molecule has 2 rings (SSSR count). The molecular weight excluding hydrogens is 330 g/mol. The fourth-order valence-corrected chi connectivity index (χ4v) is 3.04. The van der Waals surface area contributed by atoms with Crippen LogP contribution in [0.25, 0.3) is 0 Å². The molecule has 0 bridgehead atoms. The smallest absolute Gasteiger partial charge is 0.191 e. The minimum absolute atomic E-state index is 0.0961. The average Bonchev–Trinajstić information content (AvgIpc) is 3.16. The van der Waals surface area contributed by atoms with Crippen molar-refractivity contribution in [3.05, 3.63) is 23.8 Å². The van der Waals surface area contributed by atoms with Crippen LogP contribution in [0, 0.1) is 0 Å². The van der Waals surface area contributed by atoms with Crippen LogP contribution in [0.5, 0.6) is 11.5 Å². The van der Waals surface area contributed by atoms with E-state index in [9.17, 15) is 0 Å². The quantitative estimate of drug-likeness (QED) is 0.521. The lowest BCUT2D eigenvalue weighted by Crippen LogP contribution is -2.39. The van der Waals surface area contributed by atoms with Gasteiger partial charge in [0.15, 0.2) is 17.5 Å². The van der Waals surface area contributed by atoms with Crippen LogP contribution in [0.1, 0.15) is 51.6 Å². The Bertz CT molecular complexity index is 571. The van der Waals surface area contributed by atoms with Crippen molar-refractivity contribution in [1.29, 1.82) is 0 Å². The highest BCUT2D eigenvalue weighted by Crippen LogP contribution is 2.30. The first kappa shape index (κ1) is 20.4. The summed E-state index contributed by atoms with van der Waals surface area (Å²) >= 11 is 0. The normalized spacial score (nSPS) is 18.5. The second-order valence-corrected chi connectivity index (χ2v) is 6.36. The molecule has 0 spiro atoms. The number of hydrogen-bond acceptors (Lipinski definition) is 4. The summed E-state index contributed by atoms with van der Waals surface area (Å²) < 4.78 is 17.0. The van der Waals surface area contributed by atoms with Crippen molar-refractivity contribution in [2.24, 2.45) is 4.99 Å². The zero-order chi connectivity index (χ0) is 18.8. The van der Waals surface area contributed by atoms with E-state index in [1.165, 1.54) is 6.42 Å². The largest absolute Gasteiger partial charge is 0.490 e. The van der Waals surface area contributed by atoms with Crippen molar-refractivity contribution in [2.75, 3.05) is 33.4 Å². The molecule has 0 amide bonds. The van der Waals surface area contributed by atoms with Crippen LogP contribution in [0.4, 0.5) is 0 Å². The van der Waals surface area contributed by atoms with Crippen LogP contribution in [0.3, 0.4) is 0 Å². The van der Waals surface area contributed by atoms with E-state index in [4.69, 9.17) is 14.2 Å². The van der Waals surface area contributed by atoms with Crippen LogP contribution in [-0.4, -0.2) is 45.5 Å². The van der Waals surface area contributed by atoms with Crippen LogP contribution >= 0.6 is 0 Å². The number of nitrogens with one attached hydrogen (secondary N) is 2. The maximum absolute atomic E-state index is 5.72. The van der Waals surface area contributed by atoms with Gasteiger partial charge < -0.3 is 24.8 Å². The SMILES string of the molecule is CCOc1ccc(C(C)NC(=NC)NCCC2CCCO2)cc1OCC. The average molecular weight is 364 g/mol. The van der Waals surface area contributed by atoms with Crippen molar-refractivity contribution >= 4 is 5.96 Å². The van der Waals surface area contributed by atoms with Gasteiger partial charge in [0.25, 0.3) is 0 Å². The number of hydrogen-bond donors (Lipinski definition) is 2. The molecule has 6 nitrogen and oxygen atoms in total. The summed E-state index contributed by atoms with van der Waals surface area (Å²) in [6.45, 7) is 9.04. The van der Waals surface area contributed by atoms with E-state index in [1.54, 1.807) is 7.05 Å². The van der Waals surface area contributed by atoms with Crippen LogP contribution in [0.15, 0.2) is 23.2 Å². The Morgan fingerprint density at radius 3 is 2.69 bits per heavy atom. The Morgan fingerprint density at radius 2 is 2.04 bits per heavy atom. The summed E-state index contributed by atoms with van der Waals surface area (Å²) in [5.74, 6) is 2.36. The molecule has 1 saturated heterocycles. The van der Waals surface area contributed by atoms with Gasteiger partial charge >= 0.3 is 0 Å². The molecular formula is C20H33N3O3. The summed E-state index contributed by atoms with van der Waals surface area (Å²) in [6.07, 6.45) is 3.73. The molecule has 0 aliphatic carbocycles. The van der Waals surface area contributed by atoms with Crippen molar-refractivity contribution in [3.8, 4) is 11.5 Å². The molecule has 1 aliphatic heterocycles. The van der Waals surface area contributed by atoms with Gasteiger partial charge in [-0.3, -0.25) is 4.99 Å². The number of rotatable bonds is 9. The minimum Gasteiger partial charge on any atom is -0.490 e. The monoisotopic (exact) mass is 363 g/mol. The lowest BCUT2D eigenvalue weighted by Gasteiger charge is -2.20. The fraction of sp³-hybridized carbons (Fsp3) is 0.650. The maximum atomic E-state index is 5.72. The molecule has 146 valence electrons. The molecule has 1 aliphatic rings. The number of ether oxygens (including phenoxy) is 3. The predicted molar refractivity (Wildman–Crippen MR) is 105 cm³/mol. The molecule has 1 fully saturated rings. The van der Waals surface area contributed by atoms with E-state index in [-0.39, 0.29) is 6.04 Å². The predicted octanol–water partition coefficient (Wildman–Crippen LogP) is 3.28. The molecule has 1 heterocycles. The molecule has 1 aromatic rings. The van der Waals surface area contributed by atoms with Gasteiger partial charge in [0.05, 0.1) is 25.4 Å². The van der Waals surface area contributed by atoms with E-state index in [0.29, 0.717) is 19.3 Å². The summed E-state index contributed by atoms with van der Waals surface area (Å²) in [6, 6.07) is 6.16. The second kappa shape index (κ2) is 10.9. The maximum Gasteiger partial charge on any atom is 0.191 e. The molecule has 2 N–H and O–H groups in total. The minimum atomic E-state index is 0.0961. The molecule has 1 aromatic carbocycles. The highest BCUT2D eigenvalue weighted by molar-refractivity contribution is 5.80. The Morgan fingerprint density at radius 1 is 1.27 bits per heavy atom. The Hall–Kier alpha value is -1.95. The van der Waals surface area contributed by atoms with Gasteiger partial charge in [-0.15, -0.1) is 0 Å². The summed E-state index contributed by atoms with van der Waals surface area (Å²) in [5.41, 5.74) is 1.12. The molecule has 0 aromatic heterocycles. The lowest BCUT2D eigenvalue weighted by atomic mass is 10.1. The summed E-state index contributed by atoms with van der Waals surface area (Å²) in [4.78, 5) is 4.32. The summed E-state index contributed by atoms with van der Waals surface area (Å²) in [5, 5.41) is 6.80. The van der Waals surface area contributed by atoms with Crippen molar-refractivity contribution in [2.45, 2.75) is 52.2 Å². The van der Waals surface area contributed by atoms with Gasteiger partial charge in [-0.05, 0) is 57.7 Å². The molecule has 26 heavy (non-hydrogen) atoms. The van der Waals surface area contributed by atoms with Gasteiger partial charge in [-0.1, -0.05) is 6.07 Å². The standard InChI is InChI=1S/C20H33N3O3/c1-5-24-18-10-9-16(14-19(18)25-6-2)15(3)23-20(21-4)22-12-11-17-8-7-13-26-17/h9-10,14-15,17H,5-8,11-13H2,1-4H3,(H2,21,22,23). The highest BCUT2D eigenvalue weighted by Gasteiger charge is 2.16. The van der Waals surface area contributed by atoms with Crippen LogP contribution in [-0.2, 0) is 4.74 Å². The second-order valence-electron chi connectivity index (χ2n) is 6.36. The number of nitrogens with zero attached hydrogens (tertiary/aromatic N) is 1. The zero-order valence-corrected chi connectivity index (χ0v) is 16.5. The third-order valence-electron chi connectivity index (χ3n) is 4.43. The van der Waals surface area contributed by atoms with Gasteiger partial charge in [0.1, 0.15) is 0 Å². The van der Waals surface area contributed by atoms with Crippen molar-refractivity contribution in [3.63, 3.8) is 0 Å². The first-order chi connectivity index (χ1) is 12.7. The Labute approximate surface area is 157 Å². The van der Waals surface area contributed by atoms with Crippen molar-refractivity contribution < 1.29 is 14.2 Å². The van der Waals surface area contributed by atoms with E-state index in [1.807, 2.05) is 26.0 Å². The molecule has 0 saturated carbocycles. The Kier molecular flexibility index (Phi) is 8.54. The van der Waals surface area contributed by atoms with Crippen molar-refractivity contribution in [1.82, 2.24) is 10.6 Å². The number of aliphatic imine (C=N–C) groups is 1. The van der Waals surface area contributed by atoms with Crippen LogP contribution < -0.4 is 20.1 Å². The number of benzene rings is 1. The zero-order valence-electron chi connectivity index (χ0n) is 16.5. The van der Waals surface area contributed by atoms with E-state index < -0.39 is 0 Å². The lowest BCUT2D eigenvalue weighted by molar-refractivity contribution is 0.105. The first-order valence-corrected chi connectivity index (χ1v) is 9.66.